The zero-order valence-corrected chi connectivity index (χ0v) is 16.6. The van der Waals surface area contributed by atoms with Gasteiger partial charge in [-0.25, -0.2) is 8.42 Å². The summed E-state index contributed by atoms with van der Waals surface area (Å²) < 4.78 is 26.3. The van der Waals surface area contributed by atoms with E-state index in [1.165, 1.54) is 12.6 Å². The van der Waals surface area contributed by atoms with Gasteiger partial charge in [0.25, 0.3) is 0 Å². The second kappa shape index (κ2) is 8.47. The molecule has 140 valence electrons. The van der Waals surface area contributed by atoms with Gasteiger partial charge in [-0.1, -0.05) is 35.9 Å². The normalized spacial score (nSPS) is 11.6. The Labute approximate surface area is 156 Å². The van der Waals surface area contributed by atoms with Crippen molar-refractivity contribution in [3.8, 4) is 0 Å². The second-order valence-corrected chi connectivity index (χ2v) is 8.64. The van der Waals surface area contributed by atoms with Gasteiger partial charge in [0.15, 0.2) is 0 Å². The van der Waals surface area contributed by atoms with Crippen molar-refractivity contribution in [1.29, 1.82) is 0 Å². The first-order valence-corrected chi connectivity index (χ1v) is 10.00. The van der Waals surface area contributed by atoms with E-state index in [0.29, 0.717) is 13.0 Å². The summed E-state index contributed by atoms with van der Waals surface area (Å²) in [5.74, 6) is -0.312. The minimum absolute atomic E-state index is 0.204. The first-order chi connectivity index (χ1) is 12.2. The van der Waals surface area contributed by atoms with Crippen molar-refractivity contribution < 1.29 is 13.2 Å². The number of hydrogen-bond acceptors (Lipinski definition) is 3. The van der Waals surface area contributed by atoms with Gasteiger partial charge in [0.05, 0.1) is 11.4 Å². The summed E-state index contributed by atoms with van der Waals surface area (Å²) in [6.07, 6.45) is 0.709. The van der Waals surface area contributed by atoms with E-state index in [4.69, 9.17) is 0 Å². The van der Waals surface area contributed by atoms with Crippen LogP contribution in [0.4, 0.5) is 0 Å². The van der Waals surface area contributed by atoms with E-state index in [2.05, 4.69) is 11.4 Å². The number of nitrogens with zero attached hydrogens (tertiary/aromatic N) is 1. The number of hydrogen-bond donors (Lipinski definition) is 1. The molecule has 2 aromatic carbocycles. The molecule has 0 aliphatic carbocycles. The molecule has 5 nitrogen and oxygen atoms in total. The quantitative estimate of drug-likeness (QED) is 0.810. The lowest BCUT2D eigenvalue weighted by molar-refractivity contribution is -0.121. The number of rotatable bonds is 7. The molecule has 1 N–H and O–H groups in total. The number of nitrogens with one attached hydrogen (secondary N) is 1. The minimum atomic E-state index is -3.68. The molecule has 26 heavy (non-hydrogen) atoms. The Bertz CT molecular complexity index is 892. The second-order valence-electron chi connectivity index (χ2n) is 6.60. The highest BCUT2D eigenvalue weighted by atomic mass is 32.2. The van der Waals surface area contributed by atoms with E-state index in [0.717, 1.165) is 21.0 Å². The van der Waals surface area contributed by atoms with Crippen molar-refractivity contribution in [3.05, 3.63) is 64.7 Å². The number of carbonyl (C=O) groups is 1. The lowest BCUT2D eigenvalue weighted by atomic mass is 10.1. The molecule has 6 heteroatoms. The minimum Gasteiger partial charge on any atom is -0.355 e. The highest BCUT2D eigenvalue weighted by Crippen LogP contribution is 2.18. The topological polar surface area (TPSA) is 66.5 Å². The number of carbonyl (C=O) groups excluding carboxylic acids is 1. The van der Waals surface area contributed by atoms with E-state index in [1.807, 2.05) is 39.0 Å². The fourth-order valence-corrected chi connectivity index (χ4v) is 3.82. The van der Waals surface area contributed by atoms with E-state index in [9.17, 15) is 13.2 Å². The molecule has 0 aliphatic heterocycles. The van der Waals surface area contributed by atoms with E-state index < -0.39 is 10.0 Å². The highest BCUT2D eigenvalue weighted by molar-refractivity contribution is 7.89. The van der Waals surface area contributed by atoms with Gasteiger partial charge in [-0.15, -0.1) is 0 Å². The van der Waals surface area contributed by atoms with E-state index in [-0.39, 0.29) is 17.3 Å². The van der Waals surface area contributed by atoms with Gasteiger partial charge in [0.1, 0.15) is 0 Å². The average Bonchev–Trinajstić information content (AvgIpc) is 2.57. The molecule has 0 spiro atoms. The first kappa shape index (κ1) is 20.1. The maximum Gasteiger partial charge on any atom is 0.243 e. The Morgan fingerprint density at radius 3 is 2.42 bits per heavy atom. The molecule has 2 aromatic rings. The van der Waals surface area contributed by atoms with Crippen LogP contribution in [-0.4, -0.2) is 38.8 Å². The molecule has 2 rings (SSSR count). The molecule has 0 radical (unpaired) electrons. The fourth-order valence-electron chi connectivity index (χ4n) is 2.61. The molecule has 1 amide bonds. The third-order valence-electron chi connectivity index (χ3n) is 4.37. The van der Waals surface area contributed by atoms with Crippen LogP contribution in [0.15, 0.2) is 47.4 Å². The van der Waals surface area contributed by atoms with Crippen LogP contribution in [0.5, 0.6) is 0 Å². The van der Waals surface area contributed by atoms with Crippen molar-refractivity contribution in [2.75, 3.05) is 20.1 Å². The Balaban J connectivity index is 1.92. The zero-order chi connectivity index (χ0) is 19.3. The highest BCUT2D eigenvalue weighted by Gasteiger charge is 2.23. The fraction of sp³-hybridized carbons (Fsp3) is 0.350. The van der Waals surface area contributed by atoms with Crippen LogP contribution >= 0.6 is 0 Å². The van der Waals surface area contributed by atoms with Gasteiger partial charge in [-0.05, 0) is 56.0 Å². The number of benzene rings is 2. The Morgan fingerprint density at radius 1 is 1.04 bits per heavy atom. The summed E-state index contributed by atoms with van der Waals surface area (Å²) in [6, 6.07) is 13.1. The predicted molar refractivity (Wildman–Crippen MR) is 104 cm³/mol. The lowest BCUT2D eigenvalue weighted by Gasteiger charge is -2.17. The molecular weight excluding hydrogens is 348 g/mol. The maximum absolute atomic E-state index is 12.6. The van der Waals surface area contributed by atoms with Gasteiger partial charge in [0, 0.05) is 13.6 Å². The van der Waals surface area contributed by atoms with Gasteiger partial charge in [-0.2, -0.15) is 4.31 Å². The Hall–Kier alpha value is -2.18. The number of amides is 1. The molecule has 0 fully saturated rings. The van der Waals surface area contributed by atoms with E-state index >= 15 is 0 Å². The first-order valence-electron chi connectivity index (χ1n) is 8.56. The molecule has 0 aliphatic rings. The van der Waals surface area contributed by atoms with Crippen LogP contribution in [0.25, 0.3) is 0 Å². The third-order valence-corrected chi connectivity index (χ3v) is 6.17. The third kappa shape index (κ3) is 5.16. The van der Waals surface area contributed by atoms with Crippen molar-refractivity contribution >= 4 is 15.9 Å². The summed E-state index contributed by atoms with van der Waals surface area (Å²) in [7, 11) is -2.26. The summed E-state index contributed by atoms with van der Waals surface area (Å²) in [6.45, 7) is 6.08. The molecule has 0 unspecified atom stereocenters. The predicted octanol–water partition coefficient (Wildman–Crippen LogP) is 2.59. The zero-order valence-electron chi connectivity index (χ0n) is 15.7. The van der Waals surface area contributed by atoms with Crippen LogP contribution in [0.3, 0.4) is 0 Å². The van der Waals surface area contributed by atoms with Crippen LogP contribution in [0.2, 0.25) is 0 Å². The average molecular weight is 375 g/mol. The van der Waals surface area contributed by atoms with E-state index in [1.54, 1.807) is 18.2 Å². The van der Waals surface area contributed by atoms with Crippen LogP contribution in [0, 0.1) is 20.8 Å². The molecular formula is C20H26N2O3S. The SMILES string of the molecule is Cc1cccc(CCNC(=O)CN(C)S(=O)(=O)c2ccc(C)c(C)c2)c1. The molecule has 0 saturated heterocycles. The lowest BCUT2D eigenvalue weighted by Crippen LogP contribution is -2.39. The Kier molecular flexibility index (Phi) is 6.56. The van der Waals surface area contributed by atoms with Crippen molar-refractivity contribution in [3.63, 3.8) is 0 Å². The summed E-state index contributed by atoms with van der Waals surface area (Å²) in [5, 5.41) is 2.78. The monoisotopic (exact) mass is 374 g/mol. The standard InChI is InChI=1S/C20H26N2O3S/c1-15-6-5-7-18(12-15)10-11-21-20(23)14-22(4)26(24,25)19-9-8-16(2)17(3)13-19/h5-9,12-13H,10-11,14H2,1-4H3,(H,21,23). The molecule has 0 atom stereocenters. The molecule has 0 aromatic heterocycles. The van der Waals surface area contributed by atoms with Gasteiger partial charge < -0.3 is 5.32 Å². The van der Waals surface area contributed by atoms with Crippen molar-refractivity contribution in [2.45, 2.75) is 32.1 Å². The Morgan fingerprint density at radius 2 is 1.77 bits per heavy atom. The summed E-state index contributed by atoms with van der Waals surface area (Å²) in [4.78, 5) is 12.3. The van der Waals surface area contributed by atoms with Gasteiger partial charge in [-0.3, -0.25) is 4.79 Å². The van der Waals surface area contributed by atoms with Crippen LogP contribution in [-0.2, 0) is 21.2 Å². The molecule has 0 saturated carbocycles. The summed E-state index contributed by atoms with van der Waals surface area (Å²) in [5.41, 5.74) is 4.25. The molecule has 0 heterocycles. The summed E-state index contributed by atoms with van der Waals surface area (Å²) >= 11 is 0. The van der Waals surface area contributed by atoms with Crippen LogP contribution in [0.1, 0.15) is 22.3 Å². The number of sulfonamides is 1. The molecule has 0 bridgehead atoms. The largest absolute Gasteiger partial charge is 0.355 e. The van der Waals surface area contributed by atoms with Crippen molar-refractivity contribution in [1.82, 2.24) is 9.62 Å². The number of aryl methyl sites for hydroxylation is 3. The maximum atomic E-state index is 12.6. The van der Waals surface area contributed by atoms with Crippen LogP contribution < -0.4 is 5.32 Å². The smallest absolute Gasteiger partial charge is 0.243 e. The van der Waals surface area contributed by atoms with Gasteiger partial charge >= 0.3 is 0 Å². The van der Waals surface area contributed by atoms with Crippen molar-refractivity contribution in [2.24, 2.45) is 0 Å². The van der Waals surface area contributed by atoms with Gasteiger partial charge in [0.2, 0.25) is 15.9 Å². The number of likely N-dealkylation sites (N-methyl/N-ethyl adjacent to an activating group) is 1.